The zero-order valence-corrected chi connectivity index (χ0v) is 8.99. The van der Waals surface area contributed by atoms with Gasteiger partial charge in [-0.1, -0.05) is 23.2 Å². The molecule has 1 rings (SSSR count). The van der Waals surface area contributed by atoms with E-state index in [-0.39, 0.29) is 27.3 Å². The summed E-state index contributed by atoms with van der Waals surface area (Å²) in [6.45, 7) is 2.31. The van der Waals surface area contributed by atoms with Crippen molar-refractivity contribution in [3.8, 4) is 5.75 Å². The van der Waals surface area contributed by atoms with E-state index in [1.54, 1.807) is 6.92 Å². The van der Waals surface area contributed by atoms with E-state index in [2.05, 4.69) is 5.32 Å². The van der Waals surface area contributed by atoms with E-state index in [1.165, 1.54) is 12.1 Å². The topological polar surface area (TPSA) is 49.3 Å². The van der Waals surface area contributed by atoms with Crippen LogP contribution in [0.1, 0.15) is 17.3 Å². The van der Waals surface area contributed by atoms with E-state index in [4.69, 9.17) is 23.2 Å². The predicted molar refractivity (Wildman–Crippen MR) is 56.1 cm³/mol. The molecule has 0 saturated heterocycles. The maximum atomic E-state index is 11.4. The Morgan fingerprint density at radius 2 is 2.07 bits per heavy atom. The molecule has 3 nitrogen and oxygen atoms in total. The molecule has 0 bridgehead atoms. The molecule has 0 aliphatic rings. The molecule has 0 aliphatic carbocycles. The largest absolute Gasteiger partial charge is 0.506 e. The van der Waals surface area contributed by atoms with Crippen LogP contribution in [-0.2, 0) is 0 Å². The molecule has 0 heterocycles. The number of carbonyl (C=O) groups excluding carboxylic acids is 1. The number of aromatic hydroxyl groups is 1. The standard InChI is InChI=1S/C9H9Cl2NO2/c1-2-12-9(14)5-3-7(11)8(13)4-6(5)10/h3-4,13H,2H2,1H3,(H,12,14). The minimum atomic E-state index is -0.306. The molecule has 14 heavy (non-hydrogen) atoms. The highest BCUT2D eigenvalue weighted by molar-refractivity contribution is 6.36. The molecular formula is C9H9Cl2NO2. The number of hydrogen-bond donors (Lipinski definition) is 2. The van der Waals surface area contributed by atoms with Gasteiger partial charge in [0.1, 0.15) is 5.75 Å². The maximum absolute atomic E-state index is 11.4. The summed E-state index contributed by atoms with van der Waals surface area (Å²) in [5, 5.41) is 12.1. The van der Waals surface area contributed by atoms with Gasteiger partial charge >= 0.3 is 0 Å². The Bertz CT molecular complexity index is 366. The van der Waals surface area contributed by atoms with Gasteiger partial charge in [-0.25, -0.2) is 0 Å². The third-order valence-electron chi connectivity index (χ3n) is 1.62. The number of phenolic OH excluding ortho intramolecular Hbond substituents is 1. The number of nitrogens with one attached hydrogen (secondary N) is 1. The van der Waals surface area contributed by atoms with Crippen LogP contribution in [-0.4, -0.2) is 17.6 Å². The van der Waals surface area contributed by atoms with E-state index in [1.807, 2.05) is 0 Å². The van der Waals surface area contributed by atoms with Crippen LogP contribution in [0, 0.1) is 0 Å². The fourth-order valence-corrected chi connectivity index (χ4v) is 1.37. The van der Waals surface area contributed by atoms with Crippen molar-refractivity contribution in [1.82, 2.24) is 5.32 Å². The Hall–Kier alpha value is -0.930. The van der Waals surface area contributed by atoms with Crippen LogP contribution in [0.4, 0.5) is 0 Å². The molecule has 1 amide bonds. The number of phenols is 1. The summed E-state index contributed by atoms with van der Waals surface area (Å²) >= 11 is 11.4. The molecule has 0 aromatic heterocycles. The molecule has 0 unspecified atom stereocenters. The molecule has 2 N–H and O–H groups in total. The molecule has 5 heteroatoms. The summed E-state index contributed by atoms with van der Waals surface area (Å²) in [7, 11) is 0. The fraction of sp³-hybridized carbons (Fsp3) is 0.222. The smallest absolute Gasteiger partial charge is 0.252 e. The van der Waals surface area contributed by atoms with E-state index in [9.17, 15) is 9.90 Å². The van der Waals surface area contributed by atoms with Crippen molar-refractivity contribution in [2.24, 2.45) is 0 Å². The van der Waals surface area contributed by atoms with Crippen molar-refractivity contribution in [3.63, 3.8) is 0 Å². The van der Waals surface area contributed by atoms with Gasteiger partial charge in [0.2, 0.25) is 0 Å². The fourth-order valence-electron chi connectivity index (χ4n) is 0.966. The summed E-state index contributed by atoms with van der Waals surface area (Å²) in [4.78, 5) is 11.4. The summed E-state index contributed by atoms with van der Waals surface area (Å²) in [6.07, 6.45) is 0. The molecule has 1 aromatic carbocycles. The first-order valence-corrected chi connectivity index (χ1v) is 4.78. The van der Waals surface area contributed by atoms with Gasteiger partial charge in [0.05, 0.1) is 15.6 Å². The van der Waals surface area contributed by atoms with Crippen LogP contribution >= 0.6 is 23.2 Å². The summed E-state index contributed by atoms with van der Waals surface area (Å²) in [5.74, 6) is -0.441. The number of amides is 1. The van der Waals surface area contributed by atoms with Crippen molar-refractivity contribution < 1.29 is 9.90 Å². The van der Waals surface area contributed by atoms with Gasteiger partial charge in [-0.3, -0.25) is 4.79 Å². The lowest BCUT2D eigenvalue weighted by atomic mass is 10.2. The summed E-state index contributed by atoms with van der Waals surface area (Å²) < 4.78 is 0. The van der Waals surface area contributed by atoms with Crippen molar-refractivity contribution in [2.45, 2.75) is 6.92 Å². The van der Waals surface area contributed by atoms with Crippen molar-refractivity contribution in [2.75, 3.05) is 6.54 Å². The molecule has 0 saturated carbocycles. The molecule has 76 valence electrons. The SMILES string of the molecule is CCNC(=O)c1cc(Cl)c(O)cc1Cl. The Kier molecular flexibility index (Phi) is 3.61. The quantitative estimate of drug-likeness (QED) is 0.825. The molecule has 1 aromatic rings. The van der Waals surface area contributed by atoms with Crippen LogP contribution in [0.2, 0.25) is 10.0 Å². The van der Waals surface area contributed by atoms with Gasteiger partial charge in [-0.2, -0.15) is 0 Å². The first kappa shape index (κ1) is 11.1. The van der Waals surface area contributed by atoms with Gasteiger partial charge in [0.15, 0.2) is 0 Å². The van der Waals surface area contributed by atoms with E-state index >= 15 is 0 Å². The molecular weight excluding hydrogens is 225 g/mol. The summed E-state index contributed by atoms with van der Waals surface area (Å²) in [6, 6.07) is 2.58. The maximum Gasteiger partial charge on any atom is 0.252 e. The van der Waals surface area contributed by atoms with Crippen LogP contribution in [0.15, 0.2) is 12.1 Å². The first-order valence-electron chi connectivity index (χ1n) is 4.02. The zero-order valence-electron chi connectivity index (χ0n) is 7.47. The minimum absolute atomic E-state index is 0.107. The molecule has 0 atom stereocenters. The summed E-state index contributed by atoms with van der Waals surface area (Å²) in [5.41, 5.74) is 0.260. The highest BCUT2D eigenvalue weighted by Gasteiger charge is 2.12. The number of hydrogen-bond acceptors (Lipinski definition) is 2. The molecule has 0 radical (unpaired) electrons. The van der Waals surface area contributed by atoms with Crippen molar-refractivity contribution in [1.29, 1.82) is 0 Å². The number of rotatable bonds is 2. The Labute approximate surface area is 91.6 Å². The van der Waals surface area contributed by atoms with Crippen molar-refractivity contribution >= 4 is 29.1 Å². The second-order valence-corrected chi connectivity index (χ2v) is 3.46. The van der Waals surface area contributed by atoms with Crippen LogP contribution in [0.25, 0.3) is 0 Å². The van der Waals surface area contributed by atoms with Gasteiger partial charge in [0, 0.05) is 12.6 Å². The minimum Gasteiger partial charge on any atom is -0.506 e. The molecule has 0 aliphatic heterocycles. The first-order chi connectivity index (χ1) is 6.56. The monoisotopic (exact) mass is 233 g/mol. The zero-order chi connectivity index (χ0) is 10.7. The Balaban J connectivity index is 3.09. The number of carbonyl (C=O) groups is 1. The highest BCUT2D eigenvalue weighted by Crippen LogP contribution is 2.29. The normalized spacial score (nSPS) is 9.93. The third kappa shape index (κ3) is 2.30. The van der Waals surface area contributed by atoms with E-state index in [0.717, 1.165) is 0 Å². The lowest BCUT2D eigenvalue weighted by molar-refractivity contribution is 0.0956. The average molecular weight is 234 g/mol. The lowest BCUT2D eigenvalue weighted by Gasteiger charge is -2.05. The van der Waals surface area contributed by atoms with E-state index < -0.39 is 0 Å². The Morgan fingerprint density at radius 1 is 1.43 bits per heavy atom. The Morgan fingerprint density at radius 3 is 2.64 bits per heavy atom. The average Bonchev–Trinajstić information content (AvgIpc) is 2.11. The van der Waals surface area contributed by atoms with Crippen molar-refractivity contribution in [3.05, 3.63) is 27.7 Å². The molecule has 0 spiro atoms. The second-order valence-electron chi connectivity index (χ2n) is 2.64. The number of benzene rings is 1. The van der Waals surface area contributed by atoms with Crippen LogP contribution in [0.5, 0.6) is 5.75 Å². The van der Waals surface area contributed by atoms with Gasteiger partial charge in [-0.15, -0.1) is 0 Å². The van der Waals surface area contributed by atoms with Crippen LogP contribution in [0.3, 0.4) is 0 Å². The van der Waals surface area contributed by atoms with Gasteiger partial charge in [-0.05, 0) is 13.0 Å². The predicted octanol–water partition coefficient (Wildman–Crippen LogP) is 2.45. The van der Waals surface area contributed by atoms with Gasteiger partial charge in [0.25, 0.3) is 5.91 Å². The third-order valence-corrected chi connectivity index (χ3v) is 2.23. The highest BCUT2D eigenvalue weighted by atomic mass is 35.5. The van der Waals surface area contributed by atoms with E-state index in [0.29, 0.717) is 6.54 Å². The lowest BCUT2D eigenvalue weighted by Crippen LogP contribution is -2.22. The van der Waals surface area contributed by atoms with Crippen LogP contribution < -0.4 is 5.32 Å². The second kappa shape index (κ2) is 4.53. The van der Waals surface area contributed by atoms with Gasteiger partial charge < -0.3 is 10.4 Å². The molecule has 0 fully saturated rings. The number of halogens is 2.